The summed E-state index contributed by atoms with van der Waals surface area (Å²) in [7, 11) is 1.41. The van der Waals surface area contributed by atoms with Gasteiger partial charge in [0.1, 0.15) is 17.3 Å². The fourth-order valence-corrected chi connectivity index (χ4v) is 3.52. The first-order chi connectivity index (χ1) is 15.5. The Morgan fingerprint density at radius 3 is 2.66 bits per heavy atom. The van der Waals surface area contributed by atoms with E-state index < -0.39 is 0 Å². The van der Waals surface area contributed by atoms with Crippen molar-refractivity contribution in [3.05, 3.63) is 71.5 Å². The monoisotopic (exact) mass is 436 g/mol. The topological polar surface area (TPSA) is 57.9 Å². The third kappa shape index (κ3) is 6.39. The zero-order chi connectivity index (χ0) is 22.9. The summed E-state index contributed by atoms with van der Waals surface area (Å²) < 4.78 is 22.5. The van der Waals surface area contributed by atoms with E-state index in [4.69, 9.17) is 18.6 Å². The molecule has 0 saturated carbocycles. The Morgan fingerprint density at radius 2 is 1.97 bits per heavy atom. The van der Waals surface area contributed by atoms with E-state index in [1.54, 1.807) is 6.26 Å². The van der Waals surface area contributed by atoms with Crippen LogP contribution in [0.4, 0.5) is 0 Å². The number of hydrogen-bond donors (Lipinski definition) is 0. The van der Waals surface area contributed by atoms with Crippen LogP contribution < -0.4 is 9.47 Å². The Labute approximate surface area is 190 Å². The summed E-state index contributed by atoms with van der Waals surface area (Å²) in [5.74, 6) is 2.25. The highest BCUT2D eigenvalue weighted by molar-refractivity contribution is 5.69. The Hall–Kier alpha value is -3.21. The molecule has 0 aliphatic rings. The molecule has 0 aliphatic heterocycles. The number of hydrogen-bond acceptors (Lipinski definition) is 5. The lowest BCUT2D eigenvalue weighted by molar-refractivity contribution is -0.140. The summed E-state index contributed by atoms with van der Waals surface area (Å²) in [4.78, 5) is 11.4. The van der Waals surface area contributed by atoms with Crippen molar-refractivity contribution in [2.45, 2.75) is 52.6 Å². The van der Waals surface area contributed by atoms with Crippen LogP contribution in [0, 0.1) is 6.92 Å². The number of ether oxygens (including phenoxy) is 3. The summed E-state index contributed by atoms with van der Waals surface area (Å²) in [6, 6.07) is 16.0. The largest absolute Gasteiger partial charge is 0.493 e. The molecule has 5 nitrogen and oxygen atoms in total. The molecule has 0 N–H and O–H groups in total. The molecular formula is C27H32O5. The molecule has 1 aromatic heterocycles. The molecule has 0 aliphatic carbocycles. The van der Waals surface area contributed by atoms with Gasteiger partial charge in [0.2, 0.25) is 0 Å². The Morgan fingerprint density at radius 1 is 1.12 bits per heavy atom. The van der Waals surface area contributed by atoms with Gasteiger partial charge in [-0.1, -0.05) is 19.1 Å². The van der Waals surface area contributed by atoms with Crippen molar-refractivity contribution < 1.29 is 23.4 Å². The van der Waals surface area contributed by atoms with Crippen LogP contribution in [0.25, 0.3) is 11.3 Å². The summed E-state index contributed by atoms with van der Waals surface area (Å²) >= 11 is 0. The Bertz CT molecular complexity index is 1010. The molecule has 3 aromatic rings. The van der Waals surface area contributed by atoms with Crippen LogP contribution in [0.2, 0.25) is 0 Å². The van der Waals surface area contributed by atoms with E-state index in [0.717, 1.165) is 46.8 Å². The summed E-state index contributed by atoms with van der Waals surface area (Å²) in [6.45, 7) is 6.76. The van der Waals surface area contributed by atoms with Crippen molar-refractivity contribution in [3.8, 4) is 22.8 Å². The third-order valence-corrected chi connectivity index (χ3v) is 5.50. The molecule has 2 aromatic carbocycles. The fourth-order valence-electron chi connectivity index (χ4n) is 3.52. The van der Waals surface area contributed by atoms with E-state index in [9.17, 15) is 4.79 Å². The van der Waals surface area contributed by atoms with Gasteiger partial charge in [0, 0.05) is 12.8 Å². The first kappa shape index (κ1) is 23.5. The highest BCUT2D eigenvalue weighted by atomic mass is 16.5. The molecule has 5 heteroatoms. The lowest BCUT2D eigenvalue weighted by Crippen LogP contribution is -2.16. The first-order valence-electron chi connectivity index (χ1n) is 11.1. The molecule has 0 unspecified atom stereocenters. The van der Waals surface area contributed by atoms with Gasteiger partial charge < -0.3 is 18.6 Å². The van der Waals surface area contributed by atoms with Crippen LogP contribution in [0.3, 0.4) is 0 Å². The SMILES string of the molecule is CCc1ccc(O[C@@H](C)CCOc2ccc(CCC(=O)OC)c(C)c2)c(-c2ccco2)c1. The maximum Gasteiger partial charge on any atom is 0.305 e. The minimum atomic E-state index is -0.196. The quantitative estimate of drug-likeness (QED) is 0.337. The summed E-state index contributed by atoms with van der Waals surface area (Å²) in [5.41, 5.74) is 4.45. The van der Waals surface area contributed by atoms with Crippen molar-refractivity contribution in [2.24, 2.45) is 0 Å². The van der Waals surface area contributed by atoms with Gasteiger partial charge in [0.15, 0.2) is 0 Å². The highest BCUT2D eigenvalue weighted by Crippen LogP contribution is 2.32. The number of benzene rings is 2. The smallest absolute Gasteiger partial charge is 0.305 e. The third-order valence-electron chi connectivity index (χ3n) is 5.50. The van der Waals surface area contributed by atoms with Gasteiger partial charge >= 0.3 is 5.97 Å². The zero-order valence-electron chi connectivity index (χ0n) is 19.4. The minimum absolute atomic E-state index is 0.0170. The average molecular weight is 437 g/mol. The molecule has 1 atom stereocenters. The maximum absolute atomic E-state index is 11.4. The number of methoxy groups -OCH3 is 1. The number of furan rings is 1. The average Bonchev–Trinajstić information content (AvgIpc) is 3.33. The lowest BCUT2D eigenvalue weighted by atomic mass is 10.0. The maximum atomic E-state index is 11.4. The number of rotatable bonds is 11. The molecule has 0 amide bonds. The molecule has 32 heavy (non-hydrogen) atoms. The second kappa shape index (κ2) is 11.4. The zero-order valence-corrected chi connectivity index (χ0v) is 19.4. The molecule has 0 fully saturated rings. The van der Waals surface area contributed by atoms with E-state index in [1.807, 2.05) is 50.2 Å². The Kier molecular flexibility index (Phi) is 8.37. The van der Waals surface area contributed by atoms with Crippen LogP contribution in [0.1, 0.15) is 43.4 Å². The number of esters is 1. The summed E-state index contributed by atoms with van der Waals surface area (Å²) in [6.07, 6.45) is 4.41. The number of carbonyl (C=O) groups excluding carboxylic acids is 1. The Balaban J connectivity index is 1.54. The van der Waals surface area contributed by atoms with E-state index in [1.165, 1.54) is 12.7 Å². The van der Waals surface area contributed by atoms with Gasteiger partial charge in [-0.2, -0.15) is 0 Å². The molecule has 1 heterocycles. The van der Waals surface area contributed by atoms with E-state index >= 15 is 0 Å². The standard InChI is InChI=1S/C27H32O5/c1-5-21-8-12-26(24(18-21)25-7-6-15-31-25)32-20(3)14-16-30-23-11-9-22(19(2)17-23)10-13-27(28)29-4/h6-9,11-12,15,17-18,20H,5,10,13-14,16H2,1-4H3/t20-/m0/s1. The van der Waals surface area contributed by atoms with Crippen LogP contribution in [0.5, 0.6) is 11.5 Å². The van der Waals surface area contributed by atoms with Gasteiger partial charge in [-0.3, -0.25) is 4.79 Å². The number of aryl methyl sites for hydroxylation is 3. The molecule has 170 valence electrons. The summed E-state index contributed by atoms with van der Waals surface area (Å²) in [5, 5.41) is 0. The van der Waals surface area contributed by atoms with Crippen molar-refractivity contribution in [2.75, 3.05) is 13.7 Å². The van der Waals surface area contributed by atoms with E-state index in [2.05, 4.69) is 19.1 Å². The van der Waals surface area contributed by atoms with E-state index in [0.29, 0.717) is 19.4 Å². The first-order valence-corrected chi connectivity index (χ1v) is 11.1. The highest BCUT2D eigenvalue weighted by Gasteiger charge is 2.13. The fraction of sp³-hybridized carbons (Fsp3) is 0.370. The molecule has 3 rings (SSSR count). The predicted octanol–water partition coefficient (Wildman–Crippen LogP) is 6.16. The van der Waals surface area contributed by atoms with Crippen LogP contribution in [-0.2, 0) is 22.4 Å². The molecule has 0 spiro atoms. The van der Waals surface area contributed by atoms with Gasteiger partial charge in [-0.25, -0.2) is 0 Å². The second-order valence-electron chi connectivity index (χ2n) is 7.89. The lowest BCUT2D eigenvalue weighted by Gasteiger charge is -2.18. The normalized spacial score (nSPS) is 11.8. The van der Waals surface area contributed by atoms with Crippen molar-refractivity contribution in [1.29, 1.82) is 0 Å². The van der Waals surface area contributed by atoms with Gasteiger partial charge in [0.05, 0.1) is 31.6 Å². The van der Waals surface area contributed by atoms with Gasteiger partial charge in [-0.05, 0) is 79.8 Å². The van der Waals surface area contributed by atoms with Crippen LogP contribution >= 0.6 is 0 Å². The van der Waals surface area contributed by atoms with Gasteiger partial charge in [0.25, 0.3) is 0 Å². The molecule has 0 bridgehead atoms. The molecular weight excluding hydrogens is 404 g/mol. The van der Waals surface area contributed by atoms with Crippen molar-refractivity contribution in [1.82, 2.24) is 0 Å². The van der Waals surface area contributed by atoms with Crippen LogP contribution in [-0.4, -0.2) is 25.8 Å². The molecule has 0 radical (unpaired) electrons. The number of carbonyl (C=O) groups is 1. The molecule has 0 saturated heterocycles. The second-order valence-corrected chi connectivity index (χ2v) is 7.89. The van der Waals surface area contributed by atoms with Crippen LogP contribution in [0.15, 0.2) is 59.2 Å². The van der Waals surface area contributed by atoms with E-state index in [-0.39, 0.29) is 12.1 Å². The predicted molar refractivity (Wildman–Crippen MR) is 125 cm³/mol. The minimum Gasteiger partial charge on any atom is -0.493 e. The van der Waals surface area contributed by atoms with Gasteiger partial charge in [-0.15, -0.1) is 0 Å². The van der Waals surface area contributed by atoms with Crippen molar-refractivity contribution >= 4 is 5.97 Å². The van der Waals surface area contributed by atoms with Crippen molar-refractivity contribution in [3.63, 3.8) is 0 Å².